The Morgan fingerprint density at radius 1 is 1.09 bits per heavy atom. The number of ether oxygens (including phenoxy) is 4. The highest BCUT2D eigenvalue weighted by molar-refractivity contribution is 5.96. The van der Waals surface area contributed by atoms with Gasteiger partial charge in [0.1, 0.15) is 5.82 Å². The molecule has 0 aromatic heterocycles. The number of hydrogen-bond acceptors (Lipinski definition) is 6. The van der Waals surface area contributed by atoms with E-state index in [2.05, 4.69) is 5.32 Å². The molecule has 8 nitrogen and oxygen atoms in total. The van der Waals surface area contributed by atoms with Crippen molar-refractivity contribution in [3.8, 4) is 17.2 Å². The summed E-state index contributed by atoms with van der Waals surface area (Å²) < 4.78 is 35.3. The van der Waals surface area contributed by atoms with Gasteiger partial charge in [0.25, 0.3) is 0 Å². The van der Waals surface area contributed by atoms with Crippen LogP contribution in [0.5, 0.6) is 17.2 Å². The van der Waals surface area contributed by atoms with Gasteiger partial charge >= 0.3 is 5.97 Å². The van der Waals surface area contributed by atoms with Gasteiger partial charge < -0.3 is 29.2 Å². The number of rotatable bonds is 8. The number of benzene rings is 2. The third kappa shape index (κ3) is 4.93. The van der Waals surface area contributed by atoms with Crippen LogP contribution >= 0.6 is 0 Å². The minimum Gasteiger partial charge on any atom is -0.493 e. The summed E-state index contributed by atoms with van der Waals surface area (Å²) in [6, 6.07) is 9.16. The Balaban J connectivity index is 2.04. The van der Waals surface area contributed by atoms with Crippen LogP contribution in [0.3, 0.4) is 0 Å². The Labute approximate surface area is 199 Å². The first-order valence-electron chi connectivity index (χ1n) is 10.8. The smallest absolute Gasteiger partial charge is 0.337 e. The molecule has 0 aliphatic carbocycles. The summed E-state index contributed by atoms with van der Waals surface area (Å²) in [5.41, 5.74) is 2.52. The van der Waals surface area contributed by atoms with Gasteiger partial charge in [-0.05, 0) is 49.2 Å². The number of carbonyl (C=O) groups excluding carboxylic acids is 1. The predicted molar refractivity (Wildman–Crippen MR) is 127 cm³/mol. The lowest BCUT2D eigenvalue weighted by Crippen LogP contribution is -2.49. The molecule has 1 atom stereocenters. The maximum Gasteiger partial charge on any atom is 0.337 e. The number of nitrogens with one attached hydrogen (secondary N) is 1. The third-order valence-corrected chi connectivity index (χ3v) is 5.65. The van der Waals surface area contributed by atoms with Gasteiger partial charge in [-0.15, -0.1) is 0 Å². The molecule has 0 saturated heterocycles. The highest BCUT2D eigenvalue weighted by Gasteiger charge is 2.34. The van der Waals surface area contributed by atoms with Gasteiger partial charge in [0.05, 0.1) is 46.6 Å². The molecule has 0 fully saturated rings. The minimum absolute atomic E-state index is 0.298. The van der Waals surface area contributed by atoms with Crippen LogP contribution in [0.15, 0.2) is 52.7 Å². The molecule has 0 spiro atoms. The summed E-state index contributed by atoms with van der Waals surface area (Å²) in [6.45, 7) is 4.64. The van der Waals surface area contributed by atoms with Crippen molar-refractivity contribution in [1.29, 1.82) is 0 Å². The second-order valence-electron chi connectivity index (χ2n) is 7.54. The molecule has 1 aliphatic rings. The molecule has 34 heavy (non-hydrogen) atoms. The lowest BCUT2D eigenvalue weighted by Gasteiger charge is -2.37. The SMILES string of the molecule is CCN1C(=NCc2cc(OC)c(OC)c(OC)c2)N[C@@H](c2cccc(F)c2)C(C(=O)OC)=C1C. The molecule has 9 heteroatoms. The van der Waals surface area contributed by atoms with E-state index in [0.717, 1.165) is 5.56 Å². The molecule has 182 valence electrons. The van der Waals surface area contributed by atoms with Crippen molar-refractivity contribution in [3.63, 3.8) is 0 Å². The van der Waals surface area contributed by atoms with Crippen molar-refractivity contribution >= 4 is 11.9 Å². The molecular weight excluding hydrogens is 441 g/mol. The molecule has 3 rings (SSSR count). The number of aliphatic imine (C=N–C) groups is 1. The zero-order chi connectivity index (χ0) is 24.8. The number of guanidine groups is 1. The van der Waals surface area contributed by atoms with E-state index in [1.165, 1.54) is 19.2 Å². The molecule has 0 unspecified atom stereocenters. The van der Waals surface area contributed by atoms with E-state index in [1.54, 1.807) is 33.5 Å². The molecule has 0 saturated carbocycles. The highest BCUT2D eigenvalue weighted by atomic mass is 19.1. The summed E-state index contributed by atoms with van der Waals surface area (Å²) in [6.07, 6.45) is 0. The number of carbonyl (C=O) groups is 1. The van der Waals surface area contributed by atoms with E-state index in [-0.39, 0.29) is 0 Å². The van der Waals surface area contributed by atoms with Crippen LogP contribution < -0.4 is 19.5 Å². The molecule has 1 aliphatic heterocycles. The van der Waals surface area contributed by atoms with Crippen LogP contribution in [0, 0.1) is 5.82 Å². The zero-order valence-electron chi connectivity index (χ0n) is 20.3. The number of halogens is 1. The Hall–Kier alpha value is -3.75. The summed E-state index contributed by atoms with van der Waals surface area (Å²) in [7, 11) is 5.99. The summed E-state index contributed by atoms with van der Waals surface area (Å²) in [5, 5.41) is 3.31. The van der Waals surface area contributed by atoms with Gasteiger partial charge in [-0.25, -0.2) is 14.2 Å². The van der Waals surface area contributed by atoms with Gasteiger partial charge in [-0.3, -0.25) is 0 Å². The van der Waals surface area contributed by atoms with Crippen LogP contribution in [-0.2, 0) is 16.1 Å². The fourth-order valence-corrected chi connectivity index (χ4v) is 4.01. The fraction of sp³-hybridized carbons (Fsp3) is 0.360. The van der Waals surface area contributed by atoms with E-state index >= 15 is 0 Å². The van der Waals surface area contributed by atoms with Gasteiger partial charge in [0.15, 0.2) is 17.5 Å². The zero-order valence-corrected chi connectivity index (χ0v) is 20.3. The predicted octanol–water partition coefficient (Wildman–Crippen LogP) is 3.82. The minimum atomic E-state index is -0.621. The second-order valence-corrected chi connectivity index (χ2v) is 7.54. The Morgan fingerprint density at radius 3 is 2.29 bits per heavy atom. The van der Waals surface area contributed by atoms with Crippen molar-refractivity contribution in [1.82, 2.24) is 10.2 Å². The maximum atomic E-state index is 14.0. The fourth-order valence-electron chi connectivity index (χ4n) is 4.01. The van der Waals surface area contributed by atoms with Crippen molar-refractivity contribution < 1.29 is 28.1 Å². The van der Waals surface area contributed by atoms with Gasteiger partial charge in [0, 0.05) is 12.2 Å². The Kier molecular flexibility index (Phi) is 7.99. The average molecular weight is 472 g/mol. The van der Waals surface area contributed by atoms with E-state index in [0.29, 0.717) is 53.1 Å². The van der Waals surface area contributed by atoms with Crippen LogP contribution in [0.1, 0.15) is 31.0 Å². The first-order valence-corrected chi connectivity index (χ1v) is 10.8. The van der Waals surface area contributed by atoms with Gasteiger partial charge in [-0.2, -0.15) is 0 Å². The van der Waals surface area contributed by atoms with Crippen LogP contribution in [-0.4, -0.2) is 51.8 Å². The van der Waals surface area contributed by atoms with Crippen LogP contribution in [0.4, 0.5) is 4.39 Å². The Bertz CT molecular complexity index is 1090. The van der Waals surface area contributed by atoms with Crippen molar-refractivity contribution in [2.24, 2.45) is 4.99 Å². The summed E-state index contributed by atoms with van der Waals surface area (Å²) >= 11 is 0. The lowest BCUT2D eigenvalue weighted by atomic mass is 9.94. The van der Waals surface area contributed by atoms with E-state index < -0.39 is 17.8 Å². The van der Waals surface area contributed by atoms with E-state index in [4.69, 9.17) is 23.9 Å². The molecule has 2 aromatic rings. The molecule has 0 amide bonds. The normalized spacial score (nSPS) is 16.9. The summed E-state index contributed by atoms with van der Waals surface area (Å²) in [5.74, 6) is 1.23. The number of allylic oxidation sites excluding steroid dienone is 1. The molecule has 0 radical (unpaired) electrons. The van der Waals surface area contributed by atoms with Crippen molar-refractivity contribution in [2.75, 3.05) is 35.0 Å². The number of methoxy groups -OCH3 is 4. The van der Waals surface area contributed by atoms with Crippen LogP contribution in [0.2, 0.25) is 0 Å². The largest absolute Gasteiger partial charge is 0.493 e. The Morgan fingerprint density at radius 2 is 1.76 bits per heavy atom. The number of nitrogens with zero attached hydrogens (tertiary/aromatic N) is 2. The van der Waals surface area contributed by atoms with Gasteiger partial charge in [-0.1, -0.05) is 12.1 Å². The highest BCUT2D eigenvalue weighted by Crippen LogP contribution is 2.38. The second kappa shape index (κ2) is 10.9. The monoisotopic (exact) mass is 471 g/mol. The third-order valence-electron chi connectivity index (χ3n) is 5.65. The van der Waals surface area contributed by atoms with E-state index in [1.807, 2.05) is 30.9 Å². The molecular formula is C25H30FN3O5. The van der Waals surface area contributed by atoms with E-state index in [9.17, 15) is 9.18 Å². The van der Waals surface area contributed by atoms with Gasteiger partial charge in [0.2, 0.25) is 5.75 Å². The van der Waals surface area contributed by atoms with Crippen molar-refractivity contribution in [2.45, 2.75) is 26.4 Å². The molecule has 2 aromatic carbocycles. The average Bonchev–Trinajstić information content (AvgIpc) is 2.85. The maximum absolute atomic E-state index is 14.0. The quantitative estimate of drug-likeness (QED) is 0.586. The van der Waals surface area contributed by atoms with Crippen molar-refractivity contribution in [3.05, 3.63) is 64.6 Å². The molecule has 1 heterocycles. The topological polar surface area (TPSA) is 81.6 Å². The summed E-state index contributed by atoms with van der Waals surface area (Å²) in [4.78, 5) is 19.3. The standard InChI is InChI=1S/C25H30FN3O5/c1-7-29-15(2)21(24(30)34-6)22(17-9-8-10-18(26)13-17)28-25(29)27-14-16-11-19(31-3)23(33-5)20(12-16)32-4/h8-13,22H,7,14H2,1-6H3,(H,27,28)/t22-/m0/s1. The van der Waals surface area contributed by atoms with Crippen LogP contribution in [0.25, 0.3) is 0 Å². The lowest BCUT2D eigenvalue weighted by molar-refractivity contribution is -0.136. The first-order chi connectivity index (χ1) is 16.4. The number of hydrogen-bond donors (Lipinski definition) is 1. The molecule has 1 N–H and O–H groups in total. The first kappa shape index (κ1) is 24.9. The molecule has 0 bridgehead atoms. The number of esters is 1.